The number of rotatable bonds is 4. The molecule has 100 valence electrons. The van der Waals surface area contributed by atoms with Gasteiger partial charge in [0.2, 0.25) is 0 Å². The minimum absolute atomic E-state index is 0.0482. The zero-order valence-corrected chi connectivity index (χ0v) is 10.7. The number of anilines is 1. The molecule has 1 atom stereocenters. The van der Waals surface area contributed by atoms with Crippen molar-refractivity contribution < 1.29 is 9.66 Å². The first-order valence-electron chi connectivity index (χ1n) is 6.08. The molecule has 0 amide bonds. The molecule has 6 nitrogen and oxygen atoms in total. The molecule has 19 heavy (non-hydrogen) atoms. The van der Waals surface area contributed by atoms with Gasteiger partial charge in [-0.3, -0.25) is 10.1 Å². The fourth-order valence-corrected chi connectivity index (χ4v) is 2.43. The number of hydrogen-bond donors (Lipinski definition) is 0. The molecule has 1 fully saturated rings. The first-order chi connectivity index (χ1) is 9.15. The Balaban J connectivity index is 2.22. The highest BCUT2D eigenvalue weighted by Crippen LogP contribution is 2.29. The number of benzene rings is 1. The van der Waals surface area contributed by atoms with Crippen LogP contribution in [0.15, 0.2) is 18.2 Å². The van der Waals surface area contributed by atoms with Crippen LogP contribution in [0.4, 0.5) is 11.4 Å². The topological polar surface area (TPSA) is 79.4 Å². The van der Waals surface area contributed by atoms with Crippen molar-refractivity contribution in [1.82, 2.24) is 0 Å². The lowest BCUT2D eigenvalue weighted by Gasteiger charge is -2.19. The lowest BCUT2D eigenvalue weighted by atomic mass is 10.1. The van der Waals surface area contributed by atoms with Gasteiger partial charge in [0.1, 0.15) is 6.07 Å². The van der Waals surface area contributed by atoms with E-state index < -0.39 is 4.92 Å². The molecule has 1 aromatic carbocycles. The SMILES string of the molecule is COCC1CCN(c2ccc([N+](=O)[O-])cc2C#N)C1. The molecule has 0 spiro atoms. The summed E-state index contributed by atoms with van der Waals surface area (Å²) < 4.78 is 5.14. The molecular weight excluding hydrogens is 246 g/mol. The van der Waals surface area contributed by atoms with Crippen molar-refractivity contribution in [3.05, 3.63) is 33.9 Å². The first-order valence-corrected chi connectivity index (χ1v) is 6.08. The summed E-state index contributed by atoms with van der Waals surface area (Å²) in [6.07, 6.45) is 1.01. The van der Waals surface area contributed by atoms with Crippen LogP contribution >= 0.6 is 0 Å². The summed E-state index contributed by atoms with van der Waals surface area (Å²) in [6, 6.07) is 6.47. The highest BCUT2D eigenvalue weighted by molar-refractivity contribution is 5.63. The van der Waals surface area contributed by atoms with Crippen molar-refractivity contribution in [3.8, 4) is 6.07 Å². The predicted molar refractivity (Wildman–Crippen MR) is 70.0 cm³/mol. The second kappa shape index (κ2) is 5.67. The Kier molecular flexibility index (Phi) is 3.97. The third-order valence-electron chi connectivity index (χ3n) is 3.34. The Morgan fingerprint density at radius 1 is 1.63 bits per heavy atom. The number of nitro benzene ring substituents is 1. The van der Waals surface area contributed by atoms with E-state index >= 15 is 0 Å². The van der Waals surface area contributed by atoms with Gasteiger partial charge in [0.05, 0.1) is 22.8 Å². The van der Waals surface area contributed by atoms with Crippen LogP contribution in [0, 0.1) is 27.4 Å². The lowest BCUT2D eigenvalue weighted by Crippen LogP contribution is -2.21. The van der Waals surface area contributed by atoms with Crippen molar-refractivity contribution in [2.45, 2.75) is 6.42 Å². The van der Waals surface area contributed by atoms with E-state index in [1.165, 1.54) is 12.1 Å². The number of nitrogens with zero attached hydrogens (tertiary/aromatic N) is 3. The number of nitro groups is 1. The van der Waals surface area contributed by atoms with Crippen LogP contribution in [-0.2, 0) is 4.74 Å². The predicted octanol–water partition coefficient (Wildman–Crippen LogP) is 1.94. The Bertz CT molecular complexity index is 524. The summed E-state index contributed by atoms with van der Waals surface area (Å²) in [6.45, 7) is 2.37. The zero-order chi connectivity index (χ0) is 13.8. The molecule has 0 radical (unpaired) electrons. The summed E-state index contributed by atoms with van der Waals surface area (Å²) in [7, 11) is 1.68. The number of hydrogen-bond acceptors (Lipinski definition) is 5. The molecule has 1 unspecified atom stereocenters. The second-order valence-corrected chi connectivity index (χ2v) is 4.63. The molecule has 1 saturated heterocycles. The van der Waals surface area contributed by atoms with Gasteiger partial charge >= 0.3 is 0 Å². The van der Waals surface area contributed by atoms with Crippen LogP contribution < -0.4 is 4.90 Å². The van der Waals surface area contributed by atoms with Crippen LogP contribution in [0.3, 0.4) is 0 Å². The maximum atomic E-state index is 10.7. The van der Waals surface area contributed by atoms with Crippen molar-refractivity contribution in [1.29, 1.82) is 5.26 Å². The minimum atomic E-state index is -0.484. The normalized spacial score (nSPS) is 18.3. The fourth-order valence-electron chi connectivity index (χ4n) is 2.43. The molecule has 0 aromatic heterocycles. The smallest absolute Gasteiger partial charge is 0.270 e. The van der Waals surface area contributed by atoms with Gasteiger partial charge in [-0.15, -0.1) is 0 Å². The number of methoxy groups -OCH3 is 1. The van der Waals surface area contributed by atoms with E-state index in [-0.39, 0.29) is 5.69 Å². The van der Waals surface area contributed by atoms with Gasteiger partial charge in [-0.1, -0.05) is 0 Å². The molecule has 1 aromatic rings. The largest absolute Gasteiger partial charge is 0.384 e. The molecule has 0 aliphatic carbocycles. The Morgan fingerprint density at radius 3 is 3.05 bits per heavy atom. The average Bonchev–Trinajstić information content (AvgIpc) is 2.86. The molecule has 0 bridgehead atoms. The molecule has 1 aliphatic heterocycles. The van der Waals surface area contributed by atoms with E-state index in [9.17, 15) is 10.1 Å². The van der Waals surface area contributed by atoms with Gasteiger partial charge < -0.3 is 9.64 Å². The summed E-state index contributed by atoms with van der Waals surface area (Å²) in [4.78, 5) is 12.3. The molecule has 0 N–H and O–H groups in total. The average molecular weight is 261 g/mol. The van der Waals surface area contributed by atoms with Gasteiger partial charge in [-0.05, 0) is 12.5 Å². The monoisotopic (exact) mass is 261 g/mol. The minimum Gasteiger partial charge on any atom is -0.384 e. The van der Waals surface area contributed by atoms with E-state index in [2.05, 4.69) is 4.90 Å². The Morgan fingerprint density at radius 2 is 2.42 bits per heavy atom. The molecular formula is C13H15N3O3. The summed E-state index contributed by atoms with van der Waals surface area (Å²) in [5, 5.41) is 19.8. The van der Waals surface area contributed by atoms with Gasteiger partial charge in [-0.2, -0.15) is 5.26 Å². The van der Waals surface area contributed by atoms with E-state index in [1.54, 1.807) is 13.2 Å². The molecule has 2 rings (SSSR count). The second-order valence-electron chi connectivity index (χ2n) is 4.63. The number of non-ortho nitro benzene ring substituents is 1. The van der Waals surface area contributed by atoms with E-state index in [0.717, 1.165) is 25.2 Å². The van der Waals surface area contributed by atoms with Crippen molar-refractivity contribution in [2.24, 2.45) is 5.92 Å². The van der Waals surface area contributed by atoms with E-state index in [1.807, 2.05) is 6.07 Å². The van der Waals surface area contributed by atoms with Crippen LogP contribution in [0.25, 0.3) is 0 Å². The van der Waals surface area contributed by atoms with Crippen LogP contribution in [0.5, 0.6) is 0 Å². The third-order valence-corrected chi connectivity index (χ3v) is 3.34. The van der Waals surface area contributed by atoms with Gasteiger partial charge in [0.15, 0.2) is 0 Å². The third kappa shape index (κ3) is 2.83. The Hall–Kier alpha value is -2.13. The maximum absolute atomic E-state index is 10.7. The standard InChI is InChI=1S/C13H15N3O3/c1-19-9-10-4-5-15(8-10)13-3-2-12(16(17)18)6-11(13)7-14/h2-3,6,10H,4-5,8-9H2,1H3. The lowest BCUT2D eigenvalue weighted by molar-refractivity contribution is -0.384. The molecule has 0 saturated carbocycles. The van der Waals surface area contributed by atoms with Crippen molar-refractivity contribution in [2.75, 3.05) is 31.7 Å². The quantitative estimate of drug-likeness (QED) is 0.611. The van der Waals surface area contributed by atoms with Crippen LogP contribution in [-0.4, -0.2) is 31.7 Å². The molecule has 6 heteroatoms. The highest BCUT2D eigenvalue weighted by Gasteiger charge is 2.25. The van der Waals surface area contributed by atoms with Crippen molar-refractivity contribution in [3.63, 3.8) is 0 Å². The fraction of sp³-hybridized carbons (Fsp3) is 0.462. The van der Waals surface area contributed by atoms with E-state index in [4.69, 9.17) is 10.00 Å². The number of nitriles is 1. The maximum Gasteiger partial charge on any atom is 0.270 e. The summed E-state index contributed by atoms with van der Waals surface area (Å²) >= 11 is 0. The summed E-state index contributed by atoms with van der Waals surface area (Å²) in [5.74, 6) is 0.451. The Labute approximate surface area is 111 Å². The highest BCUT2D eigenvalue weighted by atomic mass is 16.6. The van der Waals surface area contributed by atoms with Gasteiger partial charge in [0.25, 0.3) is 5.69 Å². The van der Waals surface area contributed by atoms with Crippen LogP contribution in [0.1, 0.15) is 12.0 Å². The van der Waals surface area contributed by atoms with Crippen LogP contribution in [0.2, 0.25) is 0 Å². The number of ether oxygens (including phenoxy) is 1. The molecule has 1 heterocycles. The first kappa shape index (κ1) is 13.3. The van der Waals surface area contributed by atoms with Gasteiger partial charge in [-0.25, -0.2) is 0 Å². The zero-order valence-electron chi connectivity index (χ0n) is 10.7. The summed E-state index contributed by atoms with van der Waals surface area (Å²) in [5.41, 5.74) is 1.08. The molecule has 1 aliphatic rings. The van der Waals surface area contributed by atoms with E-state index in [0.29, 0.717) is 18.1 Å². The van der Waals surface area contributed by atoms with Crippen molar-refractivity contribution >= 4 is 11.4 Å². The van der Waals surface area contributed by atoms with Gasteiger partial charge in [0, 0.05) is 38.2 Å².